The summed E-state index contributed by atoms with van der Waals surface area (Å²) >= 11 is 0. The third-order valence-electron chi connectivity index (χ3n) is 2.89. The van der Waals surface area contributed by atoms with E-state index in [1.807, 2.05) is 0 Å². The number of hydrogen-bond donors (Lipinski definition) is 1. The third-order valence-corrected chi connectivity index (χ3v) is 2.89. The lowest BCUT2D eigenvalue weighted by atomic mass is 10.2. The number of benzene rings is 2. The van der Waals surface area contributed by atoms with Crippen LogP contribution in [0.3, 0.4) is 0 Å². The Morgan fingerprint density at radius 1 is 0.957 bits per heavy atom. The molecule has 0 aliphatic heterocycles. The number of hydrogen-bond acceptors (Lipinski definition) is 4. The Labute approximate surface area is 127 Å². The molecule has 116 valence electrons. The fraction of sp³-hybridized carbons (Fsp3) is 0. The fourth-order valence-corrected chi connectivity index (χ4v) is 1.78. The van der Waals surface area contributed by atoms with Gasteiger partial charge < -0.3 is 9.73 Å². The van der Waals surface area contributed by atoms with Crippen LogP contribution in [0.5, 0.6) is 0 Å². The van der Waals surface area contributed by atoms with Crippen molar-refractivity contribution in [2.24, 2.45) is 0 Å². The van der Waals surface area contributed by atoms with E-state index in [0.29, 0.717) is 5.56 Å². The van der Waals surface area contributed by atoms with Gasteiger partial charge in [-0.2, -0.15) is 0 Å². The summed E-state index contributed by atoms with van der Waals surface area (Å²) in [5.74, 6) is -3.67. The van der Waals surface area contributed by atoms with Gasteiger partial charge in [0, 0.05) is 17.3 Å². The summed E-state index contributed by atoms with van der Waals surface area (Å²) in [4.78, 5) is 11.9. The Morgan fingerprint density at radius 3 is 2.39 bits per heavy atom. The number of anilines is 1. The van der Waals surface area contributed by atoms with Gasteiger partial charge in [-0.25, -0.2) is 13.2 Å². The standard InChI is InChI=1S/C15H8F3N3O2/c16-9-3-1-8(2-4-9)14-20-21-15(23-14)13(22)19-10-5-6-11(17)12(18)7-10/h1-7H,(H,19,22). The highest BCUT2D eigenvalue weighted by Gasteiger charge is 2.16. The maximum Gasteiger partial charge on any atom is 0.313 e. The second kappa shape index (κ2) is 5.91. The van der Waals surface area contributed by atoms with E-state index in [9.17, 15) is 18.0 Å². The molecule has 0 aliphatic carbocycles. The molecule has 3 rings (SSSR count). The molecule has 0 radical (unpaired) electrons. The number of carbonyl (C=O) groups is 1. The van der Waals surface area contributed by atoms with Crippen LogP contribution in [0, 0.1) is 17.5 Å². The molecule has 0 spiro atoms. The topological polar surface area (TPSA) is 68.0 Å². The van der Waals surface area contributed by atoms with Crippen LogP contribution in [0.25, 0.3) is 11.5 Å². The summed E-state index contributed by atoms with van der Waals surface area (Å²) in [7, 11) is 0. The van der Waals surface area contributed by atoms with Crippen LogP contribution in [0.1, 0.15) is 10.7 Å². The molecule has 0 fully saturated rings. The lowest BCUT2D eigenvalue weighted by Gasteiger charge is -2.02. The van der Waals surface area contributed by atoms with Crippen molar-refractivity contribution in [2.75, 3.05) is 5.32 Å². The van der Waals surface area contributed by atoms with E-state index in [2.05, 4.69) is 15.5 Å². The average Bonchev–Trinajstić information content (AvgIpc) is 3.02. The van der Waals surface area contributed by atoms with Crippen LogP contribution in [0.4, 0.5) is 18.9 Å². The number of carbonyl (C=O) groups excluding carboxylic acids is 1. The van der Waals surface area contributed by atoms with Crippen LogP contribution < -0.4 is 5.32 Å². The molecule has 3 aromatic rings. The molecule has 0 atom stereocenters. The second-order valence-electron chi connectivity index (χ2n) is 4.50. The second-order valence-corrected chi connectivity index (χ2v) is 4.50. The summed E-state index contributed by atoms with van der Waals surface area (Å²) < 4.78 is 43.9. The van der Waals surface area contributed by atoms with Crippen LogP contribution in [-0.2, 0) is 0 Å². The fourth-order valence-electron chi connectivity index (χ4n) is 1.78. The molecular formula is C15H8F3N3O2. The summed E-state index contributed by atoms with van der Waals surface area (Å²) in [6, 6.07) is 8.14. The SMILES string of the molecule is O=C(Nc1ccc(F)c(F)c1)c1nnc(-c2ccc(F)cc2)o1. The van der Waals surface area contributed by atoms with Crippen molar-refractivity contribution in [3.63, 3.8) is 0 Å². The minimum Gasteiger partial charge on any atom is -0.412 e. The zero-order chi connectivity index (χ0) is 16.4. The minimum atomic E-state index is -1.10. The van der Waals surface area contributed by atoms with E-state index in [-0.39, 0.29) is 17.5 Å². The Hall–Kier alpha value is -3.16. The average molecular weight is 319 g/mol. The van der Waals surface area contributed by atoms with Gasteiger partial charge in [0.15, 0.2) is 11.6 Å². The molecule has 1 heterocycles. The van der Waals surface area contributed by atoms with Gasteiger partial charge in [-0.3, -0.25) is 4.79 Å². The Balaban J connectivity index is 1.78. The van der Waals surface area contributed by atoms with E-state index >= 15 is 0 Å². The number of nitrogens with zero attached hydrogens (tertiary/aromatic N) is 2. The van der Waals surface area contributed by atoms with E-state index in [1.165, 1.54) is 30.3 Å². The number of nitrogens with one attached hydrogen (secondary N) is 1. The lowest BCUT2D eigenvalue weighted by molar-refractivity contribution is 0.0991. The van der Waals surface area contributed by atoms with Gasteiger partial charge in [0.1, 0.15) is 5.82 Å². The van der Waals surface area contributed by atoms with Crippen LogP contribution >= 0.6 is 0 Å². The first-order chi connectivity index (χ1) is 11.0. The van der Waals surface area contributed by atoms with Crippen molar-refractivity contribution in [2.45, 2.75) is 0 Å². The van der Waals surface area contributed by atoms with E-state index in [0.717, 1.165) is 12.1 Å². The van der Waals surface area contributed by atoms with Crippen molar-refractivity contribution in [3.8, 4) is 11.5 Å². The summed E-state index contributed by atoms with van der Waals surface area (Å²) in [6.07, 6.45) is 0. The summed E-state index contributed by atoms with van der Waals surface area (Å²) in [6.45, 7) is 0. The molecule has 5 nitrogen and oxygen atoms in total. The van der Waals surface area contributed by atoms with Crippen molar-refractivity contribution in [3.05, 3.63) is 65.8 Å². The maximum atomic E-state index is 13.1. The van der Waals surface area contributed by atoms with Gasteiger partial charge in [0.05, 0.1) is 0 Å². The molecule has 2 aromatic carbocycles. The third kappa shape index (κ3) is 3.20. The number of aromatic nitrogens is 2. The Bertz CT molecular complexity index is 863. The Kier molecular flexibility index (Phi) is 3.80. The molecule has 1 amide bonds. The largest absolute Gasteiger partial charge is 0.412 e. The zero-order valence-corrected chi connectivity index (χ0v) is 11.4. The van der Waals surface area contributed by atoms with E-state index < -0.39 is 23.4 Å². The van der Waals surface area contributed by atoms with E-state index in [4.69, 9.17) is 4.42 Å². The molecule has 1 N–H and O–H groups in total. The zero-order valence-electron chi connectivity index (χ0n) is 11.4. The van der Waals surface area contributed by atoms with Gasteiger partial charge in [0.25, 0.3) is 0 Å². The number of halogens is 3. The smallest absolute Gasteiger partial charge is 0.313 e. The predicted octanol–water partition coefficient (Wildman–Crippen LogP) is 3.41. The molecule has 0 bridgehead atoms. The van der Waals surface area contributed by atoms with Crippen molar-refractivity contribution in [1.82, 2.24) is 10.2 Å². The molecule has 8 heteroatoms. The highest BCUT2D eigenvalue weighted by molar-refractivity contribution is 6.00. The molecular weight excluding hydrogens is 311 g/mol. The molecule has 0 saturated heterocycles. The minimum absolute atomic E-state index is 0.0282. The molecule has 23 heavy (non-hydrogen) atoms. The van der Waals surface area contributed by atoms with Crippen molar-refractivity contribution >= 4 is 11.6 Å². The van der Waals surface area contributed by atoms with Gasteiger partial charge in [-0.1, -0.05) is 0 Å². The van der Waals surface area contributed by atoms with Crippen LogP contribution in [0.2, 0.25) is 0 Å². The van der Waals surface area contributed by atoms with Crippen molar-refractivity contribution in [1.29, 1.82) is 0 Å². The first-order valence-corrected chi connectivity index (χ1v) is 6.39. The normalized spacial score (nSPS) is 10.6. The predicted molar refractivity (Wildman–Crippen MR) is 74.0 cm³/mol. The maximum absolute atomic E-state index is 13.1. The lowest BCUT2D eigenvalue weighted by Crippen LogP contribution is -2.12. The summed E-state index contributed by atoms with van der Waals surface area (Å²) in [5, 5.41) is 9.54. The molecule has 0 aliphatic rings. The summed E-state index contributed by atoms with van der Waals surface area (Å²) in [5.41, 5.74) is 0.473. The van der Waals surface area contributed by atoms with Gasteiger partial charge in [0.2, 0.25) is 5.89 Å². The molecule has 0 saturated carbocycles. The van der Waals surface area contributed by atoms with Crippen LogP contribution in [0.15, 0.2) is 46.9 Å². The highest BCUT2D eigenvalue weighted by Crippen LogP contribution is 2.19. The first-order valence-electron chi connectivity index (χ1n) is 6.39. The molecule has 0 unspecified atom stereocenters. The van der Waals surface area contributed by atoms with Gasteiger partial charge >= 0.3 is 11.8 Å². The van der Waals surface area contributed by atoms with Crippen molar-refractivity contribution < 1.29 is 22.4 Å². The number of rotatable bonds is 3. The van der Waals surface area contributed by atoms with Crippen LogP contribution in [-0.4, -0.2) is 16.1 Å². The van der Waals surface area contributed by atoms with Gasteiger partial charge in [-0.05, 0) is 36.4 Å². The quantitative estimate of drug-likeness (QED) is 0.803. The first kappa shape index (κ1) is 14.8. The van der Waals surface area contributed by atoms with E-state index in [1.54, 1.807) is 0 Å². The van der Waals surface area contributed by atoms with Gasteiger partial charge in [-0.15, -0.1) is 10.2 Å². The number of amides is 1. The highest BCUT2D eigenvalue weighted by atomic mass is 19.2. The monoisotopic (exact) mass is 319 g/mol. The molecule has 1 aromatic heterocycles. The Morgan fingerprint density at radius 2 is 1.70 bits per heavy atom.